The van der Waals surface area contributed by atoms with Crippen LogP contribution in [-0.4, -0.2) is 87.0 Å². The molecule has 1 saturated heterocycles. The third-order valence-corrected chi connectivity index (χ3v) is 13.6. The van der Waals surface area contributed by atoms with E-state index in [1.54, 1.807) is 34.1 Å². The van der Waals surface area contributed by atoms with E-state index in [2.05, 4.69) is 15.1 Å². The molecule has 17 nitrogen and oxygen atoms in total. The minimum atomic E-state index is -2.37. The first-order valence-electron chi connectivity index (χ1n) is 22.4. The fraction of sp³-hybridized carbons (Fsp3) is 0.367. The summed E-state index contributed by atoms with van der Waals surface area (Å²) in [5, 5.41) is 69.3. The molecule has 3 aromatic carbocycles. The van der Waals surface area contributed by atoms with E-state index in [9.17, 15) is 45.0 Å². The van der Waals surface area contributed by atoms with Crippen LogP contribution in [0, 0.1) is 5.92 Å². The number of likely N-dealkylation sites (tertiary alicyclic amines) is 1. The number of benzene rings is 3. The van der Waals surface area contributed by atoms with Crippen molar-refractivity contribution in [2.45, 2.75) is 97.4 Å². The Morgan fingerprint density at radius 3 is 2.45 bits per heavy atom. The number of fused-ring (bicyclic) bond motifs is 5. The first-order chi connectivity index (χ1) is 31.6. The summed E-state index contributed by atoms with van der Waals surface area (Å²) in [6, 6.07) is 17.6. The zero-order chi connectivity index (χ0) is 46.8. The molecule has 9 rings (SSSR count). The number of aliphatic carboxylic acids is 1. The summed E-state index contributed by atoms with van der Waals surface area (Å²) in [7, 11) is 0. The van der Waals surface area contributed by atoms with Crippen LogP contribution in [0.3, 0.4) is 0 Å². The van der Waals surface area contributed by atoms with Gasteiger partial charge < -0.3 is 49.4 Å². The van der Waals surface area contributed by atoms with Gasteiger partial charge in [0.2, 0.25) is 6.35 Å². The number of aliphatic hydroxyl groups is 3. The molecule has 1 unspecified atom stereocenters. The number of aromatic nitrogens is 3. The van der Waals surface area contributed by atoms with Crippen molar-refractivity contribution in [1.82, 2.24) is 24.4 Å². The summed E-state index contributed by atoms with van der Waals surface area (Å²) in [5.41, 5.74) is 5.25. The van der Waals surface area contributed by atoms with E-state index in [-0.39, 0.29) is 41.5 Å². The van der Waals surface area contributed by atoms with Crippen molar-refractivity contribution in [3.8, 4) is 28.6 Å². The highest BCUT2D eigenvalue weighted by Crippen LogP contribution is 2.40. The number of carboxylic acid groups (broad SMARTS) is 1. The lowest BCUT2D eigenvalue weighted by molar-refractivity contribution is -0.160. The fourth-order valence-electron chi connectivity index (χ4n) is 9.84. The quantitative estimate of drug-likeness (QED) is 0.0747. The number of pyridine rings is 2. The van der Waals surface area contributed by atoms with Crippen molar-refractivity contribution in [1.29, 1.82) is 0 Å². The molecule has 6 heterocycles. The zero-order valence-corrected chi connectivity index (χ0v) is 37.2. The first kappa shape index (κ1) is 44.3. The maximum atomic E-state index is 13.7. The van der Waals surface area contributed by atoms with Gasteiger partial charge in [-0.2, -0.15) is 5.10 Å². The molecule has 1 amide bonds. The third kappa shape index (κ3) is 7.46. The SMILES string of the molecule is CCc1c2c(nc3ccc(OC(=O)N4CCC(CCn5ccc6cc(N7C(c8cc(C(C)C)c(O)cc8O)=NNC7O)ccc65)CC4)cc13)-c1cc([C@@](O)(CC)C(=O)O)c(CO)c(=O)n1C2. The largest absolute Gasteiger partial charge is 0.508 e. The Morgan fingerprint density at radius 2 is 1.76 bits per heavy atom. The maximum Gasteiger partial charge on any atom is 0.415 e. The Kier molecular flexibility index (Phi) is 11.5. The number of hydrazone groups is 1. The molecule has 17 heteroatoms. The van der Waals surface area contributed by atoms with E-state index in [1.165, 1.54) is 23.6 Å². The van der Waals surface area contributed by atoms with Crippen molar-refractivity contribution < 1.29 is 45.0 Å². The van der Waals surface area contributed by atoms with E-state index in [1.807, 2.05) is 51.2 Å². The van der Waals surface area contributed by atoms with Gasteiger partial charge in [-0.3, -0.25) is 15.1 Å². The molecule has 344 valence electrons. The normalized spacial score (nSPS) is 17.0. The number of piperidine rings is 1. The molecule has 0 aliphatic carbocycles. The Balaban J connectivity index is 0.845. The topological polar surface area (TPSA) is 235 Å². The van der Waals surface area contributed by atoms with Gasteiger partial charge in [0, 0.05) is 70.6 Å². The lowest BCUT2D eigenvalue weighted by Crippen LogP contribution is -2.40. The molecule has 0 saturated carbocycles. The number of carbonyl (C=O) groups is 2. The number of phenolic OH excluding ortho intramolecular Hbond substituents is 2. The second kappa shape index (κ2) is 17.1. The highest BCUT2D eigenvalue weighted by molar-refractivity contribution is 6.13. The third-order valence-electron chi connectivity index (χ3n) is 13.6. The predicted octanol–water partition coefficient (Wildman–Crippen LogP) is 6.00. The molecule has 3 aliphatic rings. The number of aliphatic hydroxyl groups excluding tert-OH is 2. The molecule has 3 aromatic heterocycles. The molecule has 6 aromatic rings. The van der Waals surface area contributed by atoms with E-state index < -0.39 is 36.2 Å². The van der Waals surface area contributed by atoms with Gasteiger partial charge in [-0.1, -0.05) is 27.7 Å². The van der Waals surface area contributed by atoms with Crippen LogP contribution in [0.25, 0.3) is 33.2 Å². The summed E-state index contributed by atoms with van der Waals surface area (Å²) in [4.78, 5) is 47.5. The van der Waals surface area contributed by atoms with Crippen molar-refractivity contribution in [2.24, 2.45) is 11.0 Å². The minimum absolute atomic E-state index is 0.00362. The van der Waals surface area contributed by atoms with Crippen LogP contribution in [0.15, 0.2) is 76.8 Å². The highest BCUT2D eigenvalue weighted by Gasteiger charge is 2.41. The summed E-state index contributed by atoms with van der Waals surface area (Å²) < 4.78 is 9.58. The Morgan fingerprint density at radius 1 is 0.985 bits per heavy atom. The van der Waals surface area contributed by atoms with E-state index in [4.69, 9.17) is 9.72 Å². The number of rotatable bonds is 12. The standard InChI is InChI=1S/C49H53N7O10/c1-5-31-33-20-30(8-9-38(33)50-43-35(31)24-55-40(43)22-37(36(25-57)45(55)60)49(65,6-2)46(61)62)66-48(64)54-16-12-27(13-17-54)11-15-53-18-14-28-19-29(7-10-39(28)53)56-44(51-52-47(56)63)34-21-32(26(3)4)41(58)23-42(34)59/h7-10,14,18-23,26-27,47,52,57-59,63,65H,5-6,11-13,15-17,24-25H2,1-4H3,(H,61,62)/t47?,49-/m0/s1. The van der Waals surface area contributed by atoms with Gasteiger partial charge in [-0.05, 0) is 110 Å². The van der Waals surface area contributed by atoms with Gasteiger partial charge in [0.1, 0.15) is 17.2 Å². The van der Waals surface area contributed by atoms with Crippen molar-refractivity contribution >= 4 is 45.4 Å². The monoisotopic (exact) mass is 899 g/mol. The molecular formula is C49H53N7O10. The van der Waals surface area contributed by atoms with Crippen molar-refractivity contribution in [3.63, 3.8) is 0 Å². The maximum absolute atomic E-state index is 13.7. The van der Waals surface area contributed by atoms with Gasteiger partial charge in [-0.15, -0.1) is 0 Å². The number of amidine groups is 1. The van der Waals surface area contributed by atoms with Crippen LogP contribution in [0.1, 0.15) is 92.7 Å². The molecule has 3 aliphatic heterocycles. The molecular weight excluding hydrogens is 847 g/mol. The lowest BCUT2D eigenvalue weighted by Gasteiger charge is -2.31. The number of aryl methyl sites for hydroxylation is 2. The molecule has 2 atom stereocenters. The summed E-state index contributed by atoms with van der Waals surface area (Å²) in [6.45, 7) is 8.64. The van der Waals surface area contributed by atoms with Crippen molar-refractivity contribution in [2.75, 3.05) is 18.0 Å². The van der Waals surface area contributed by atoms with Crippen LogP contribution in [0.4, 0.5) is 10.5 Å². The second-order valence-electron chi connectivity index (χ2n) is 17.7. The van der Waals surface area contributed by atoms with Gasteiger partial charge in [-0.25, -0.2) is 14.6 Å². The fourth-order valence-corrected chi connectivity index (χ4v) is 9.84. The number of nitrogens with zero attached hydrogens (tertiary/aromatic N) is 6. The summed E-state index contributed by atoms with van der Waals surface area (Å²) >= 11 is 0. The summed E-state index contributed by atoms with van der Waals surface area (Å²) in [5.74, 6) is -0.595. The van der Waals surface area contributed by atoms with Gasteiger partial charge in [0.15, 0.2) is 11.4 Å². The number of hydrogen-bond donors (Lipinski definition) is 7. The zero-order valence-electron chi connectivity index (χ0n) is 37.2. The molecule has 66 heavy (non-hydrogen) atoms. The van der Waals surface area contributed by atoms with Crippen LogP contribution in [-0.2, 0) is 36.5 Å². The number of aromatic hydroxyl groups is 2. The van der Waals surface area contributed by atoms with Crippen LogP contribution in [0.5, 0.6) is 17.2 Å². The molecule has 7 N–H and O–H groups in total. The van der Waals surface area contributed by atoms with Gasteiger partial charge in [0.25, 0.3) is 5.56 Å². The molecule has 0 spiro atoms. The minimum Gasteiger partial charge on any atom is -0.508 e. The van der Waals surface area contributed by atoms with E-state index in [0.29, 0.717) is 70.7 Å². The van der Waals surface area contributed by atoms with Crippen molar-refractivity contribution in [3.05, 3.63) is 111 Å². The van der Waals surface area contributed by atoms with Crippen LogP contribution < -0.4 is 20.6 Å². The predicted molar refractivity (Wildman–Crippen MR) is 247 cm³/mol. The number of amides is 1. The number of anilines is 1. The van der Waals surface area contributed by atoms with Gasteiger partial charge in [0.05, 0.1) is 35.6 Å². The number of nitrogens with one attached hydrogen (secondary N) is 1. The molecule has 0 bridgehead atoms. The Labute approximate surface area is 379 Å². The van der Waals surface area contributed by atoms with Gasteiger partial charge >= 0.3 is 12.1 Å². The van der Waals surface area contributed by atoms with Crippen LogP contribution in [0.2, 0.25) is 0 Å². The average molecular weight is 900 g/mol. The molecule has 0 radical (unpaired) electrons. The lowest BCUT2D eigenvalue weighted by atomic mass is 9.87. The Bertz CT molecular complexity index is 3020. The molecule has 1 fully saturated rings. The number of carboxylic acids is 1. The number of ether oxygens (including phenoxy) is 1. The highest BCUT2D eigenvalue weighted by atomic mass is 16.6. The smallest absolute Gasteiger partial charge is 0.415 e. The van der Waals surface area contributed by atoms with E-state index in [0.717, 1.165) is 53.2 Å². The Hall–Kier alpha value is -6.95. The first-order valence-corrected chi connectivity index (χ1v) is 22.4. The number of phenols is 2. The number of carbonyl (C=O) groups excluding carboxylic acids is 1. The summed E-state index contributed by atoms with van der Waals surface area (Å²) in [6.07, 6.45) is 3.34. The second-order valence-corrected chi connectivity index (χ2v) is 17.7. The van der Waals surface area contributed by atoms with Crippen LogP contribution >= 0.6 is 0 Å². The number of hydrogen-bond acceptors (Lipinski definition) is 13. The average Bonchev–Trinajstić information content (AvgIpc) is 4.01. The van der Waals surface area contributed by atoms with E-state index >= 15 is 0 Å².